The Kier molecular flexibility index (Phi) is 8.34. The molecule has 0 saturated carbocycles. The molecule has 0 bridgehead atoms. The van der Waals surface area contributed by atoms with Gasteiger partial charge in [-0.2, -0.15) is 13.2 Å². The van der Waals surface area contributed by atoms with Crippen LogP contribution in [-0.4, -0.2) is 35.8 Å². The first-order valence-corrected chi connectivity index (χ1v) is 16.0. The van der Waals surface area contributed by atoms with Gasteiger partial charge in [-0.15, -0.1) is 0 Å². The minimum Gasteiger partial charge on any atom is -0.493 e. The molecule has 3 aromatic rings. The number of benzene rings is 1. The lowest BCUT2D eigenvalue weighted by Crippen LogP contribution is -2.22. The lowest BCUT2D eigenvalue weighted by molar-refractivity contribution is -0.141. The molecular formula is C28H32F3N3O2Si. The lowest BCUT2D eigenvalue weighted by Gasteiger charge is -2.16. The van der Waals surface area contributed by atoms with Crippen molar-refractivity contribution in [3.63, 3.8) is 0 Å². The van der Waals surface area contributed by atoms with Gasteiger partial charge < -0.3 is 14.0 Å². The van der Waals surface area contributed by atoms with Crippen molar-refractivity contribution >= 4 is 8.07 Å². The van der Waals surface area contributed by atoms with E-state index in [4.69, 9.17) is 9.47 Å². The zero-order valence-electron chi connectivity index (χ0n) is 21.3. The molecule has 0 spiro atoms. The van der Waals surface area contributed by atoms with E-state index in [1.807, 2.05) is 36.4 Å². The van der Waals surface area contributed by atoms with E-state index in [1.54, 1.807) is 18.3 Å². The van der Waals surface area contributed by atoms with E-state index in [9.17, 15) is 13.2 Å². The monoisotopic (exact) mass is 527 g/mol. The number of pyridine rings is 1. The maximum Gasteiger partial charge on any atom is 0.434 e. The second-order valence-corrected chi connectivity index (χ2v) is 16.0. The molecule has 0 radical (unpaired) electrons. The van der Waals surface area contributed by atoms with Gasteiger partial charge in [0.2, 0.25) is 0 Å². The lowest BCUT2D eigenvalue weighted by atomic mass is 10.0. The second kappa shape index (κ2) is 11.5. The smallest absolute Gasteiger partial charge is 0.434 e. The normalized spacial score (nSPS) is 15.8. The van der Waals surface area contributed by atoms with Gasteiger partial charge in [0, 0.05) is 44.1 Å². The molecule has 5 nitrogen and oxygen atoms in total. The molecule has 4 rings (SSSR count). The van der Waals surface area contributed by atoms with E-state index < -0.39 is 19.9 Å². The van der Waals surface area contributed by atoms with Gasteiger partial charge in [-0.25, -0.2) is 4.98 Å². The van der Waals surface area contributed by atoms with Crippen LogP contribution in [0.3, 0.4) is 0 Å². The van der Waals surface area contributed by atoms with Crippen molar-refractivity contribution in [2.45, 2.75) is 45.0 Å². The number of imidazole rings is 1. The Balaban J connectivity index is 1.44. The van der Waals surface area contributed by atoms with Crippen LogP contribution < -0.4 is 4.74 Å². The van der Waals surface area contributed by atoms with Gasteiger partial charge in [0.15, 0.2) is 5.69 Å². The van der Waals surface area contributed by atoms with Crippen molar-refractivity contribution in [3.8, 4) is 28.4 Å². The number of ether oxygens (including phenoxy) is 2. The first-order chi connectivity index (χ1) is 17.6. The van der Waals surface area contributed by atoms with Crippen molar-refractivity contribution in [2.75, 3.05) is 13.2 Å². The summed E-state index contributed by atoms with van der Waals surface area (Å²) in [5.41, 5.74) is 1.13. The highest BCUT2D eigenvalue weighted by molar-refractivity contribution is 6.76. The Hall–Kier alpha value is -3.17. The first kappa shape index (κ1) is 26.9. The van der Waals surface area contributed by atoms with Crippen molar-refractivity contribution in [3.05, 3.63) is 78.8 Å². The van der Waals surface area contributed by atoms with Gasteiger partial charge in [0.25, 0.3) is 0 Å². The fraction of sp³-hybridized carbons (Fsp3) is 0.357. The van der Waals surface area contributed by atoms with Crippen LogP contribution in [0.25, 0.3) is 22.6 Å². The van der Waals surface area contributed by atoms with E-state index in [-0.39, 0.29) is 12.6 Å². The summed E-state index contributed by atoms with van der Waals surface area (Å²) in [7, 11) is -1.31. The molecule has 196 valence electrons. The van der Waals surface area contributed by atoms with Crippen molar-refractivity contribution in [2.24, 2.45) is 5.92 Å². The number of nitrogens with zero attached hydrogens (tertiary/aromatic N) is 3. The third kappa shape index (κ3) is 7.66. The SMILES string of the molecule is C[Si](C)(C)CCOCn1cc(C(F)(F)F)nc1-c1ccc(-c2ccc(OC[C@H]3C=CC=CC3)cc2)nc1. The number of rotatable bonds is 10. The third-order valence-electron chi connectivity index (χ3n) is 6.00. The Bertz CT molecular complexity index is 1230. The van der Waals surface area contributed by atoms with Crippen LogP contribution in [-0.2, 0) is 17.6 Å². The van der Waals surface area contributed by atoms with E-state index in [2.05, 4.69) is 41.8 Å². The Labute approximate surface area is 216 Å². The van der Waals surface area contributed by atoms with Gasteiger partial charge in [-0.05, 0) is 48.9 Å². The van der Waals surface area contributed by atoms with Crippen molar-refractivity contribution in [1.82, 2.24) is 14.5 Å². The summed E-state index contributed by atoms with van der Waals surface area (Å²) in [6, 6.07) is 12.1. The summed E-state index contributed by atoms with van der Waals surface area (Å²) in [6.45, 7) is 7.78. The van der Waals surface area contributed by atoms with Crippen LogP contribution in [0.1, 0.15) is 12.1 Å². The van der Waals surface area contributed by atoms with Gasteiger partial charge in [0.05, 0.1) is 12.3 Å². The highest BCUT2D eigenvalue weighted by atomic mass is 28.3. The summed E-state index contributed by atoms with van der Waals surface area (Å²) >= 11 is 0. The third-order valence-corrected chi connectivity index (χ3v) is 7.70. The van der Waals surface area contributed by atoms with Gasteiger partial charge >= 0.3 is 6.18 Å². The standard InChI is InChI=1S/C28H32F3N3O2Si/c1-37(2,3)16-15-35-20-34-18-26(28(29,30)31)33-27(34)23-11-14-25(32-17-23)22-9-12-24(13-10-22)36-19-21-7-5-4-6-8-21/h4-7,9-14,17-18,21H,8,15-16,19-20H2,1-3H3/t21-/m0/s1. The maximum absolute atomic E-state index is 13.4. The zero-order valence-corrected chi connectivity index (χ0v) is 22.3. The van der Waals surface area contributed by atoms with E-state index in [0.717, 1.165) is 30.0 Å². The average molecular weight is 528 g/mol. The van der Waals surface area contributed by atoms with E-state index >= 15 is 0 Å². The topological polar surface area (TPSA) is 49.2 Å². The Morgan fingerprint density at radius 1 is 1.03 bits per heavy atom. The molecule has 0 amide bonds. The first-order valence-electron chi connectivity index (χ1n) is 12.3. The molecule has 1 aliphatic carbocycles. The fourth-order valence-electron chi connectivity index (χ4n) is 3.80. The molecule has 1 aromatic carbocycles. The highest BCUT2D eigenvalue weighted by Crippen LogP contribution is 2.31. The summed E-state index contributed by atoms with van der Waals surface area (Å²) < 4.78 is 53.1. The zero-order chi connectivity index (χ0) is 26.5. The number of allylic oxidation sites excluding steroid dienone is 3. The van der Waals surface area contributed by atoms with Crippen LogP contribution in [0.5, 0.6) is 5.75 Å². The highest BCUT2D eigenvalue weighted by Gasteiger charge is 2.35. The van der Waals surface area contributed by atoms with Crippen LogP contribution in [0.2, 0.25) is 25.7 Å². The second-order valence-electron chi connectivity index (χ2n) is 10.3. The maximum atomic E-state index is 13.4. The number of hydrogen-bond donors (Lipinski definition) is 0. The summed E-state index contributed by atoms with van der Waals surface area (Å²) in [5.74, 6) is 1.32. The van der Waals surface area contributed by atoms with Crippen LogP contribution >= 0.6 is 0 Å². The predicted octanol–water partition coefficient (Wildman–Crippen LogP) is 7.45. The summed E-state index contributed by atoms with van der Waals surface area (Å²) in [6.07, 6.45) is 7.31. The van der Waals surface area contributed by atoms with E-state index in [0.29, 0.717) is 30.4 Å². The number of hydrogen-bond acceptors (Lipinski definition) is 4. The van der Waals surface area contributed by atoms with Crippen molar-refractivity contribution < 1.29 is 22.6 Å². The molecule has 0 aliphatic heterocycles. The van der Waals surface area contributed by atoms with Gasteiger partial charge in [-0.1, -0.05) is 43.9 Å². The molecule has 0 N–H and O–H groups in total. The molecule has 9 heteroatoms. The molecule has 0 fully saturated rings. The van der Waals surface area contributed by atoms with Gasteiger partial charge in [-0.3, -0.25) is 4.98 Å². The molecule has 0 saturated heterocycles. The minimum atomic E-state index is -4.54. The molecule has 2 heterocycles. The van der Waals surface area contributed by atoms with Crippen LogP contribution in [0.4, 0.5) is 13.2 Å². The molecule has 0 unspecified atom stereocenters. The molecule has 1 aliphatic rings. The molecule has 1 atom stereocenters. The summed E-state index contributed by atoms with van der Waals surface area (Å²) in [5, 5.41) is 0. The largest absolute Gasteiger partial charge is 0.493 e. The summed E-state index contributed by atoms with van der Waals surface area (Å²) in [4.78, 5) is 8.34. The average Bonchev–Trinajstić information content (AvgIpc) is 3.31. The number of aromatic nitrogens is 3. The Morgan fingerprint density at radius 2 is 1.78 bits per heavy atom. The number of halogens is 3. The predicted molar refractivity (Wildman–Crippen MR) is 142 cm³/mol. The Morgan fingerprint density at radius 3 is 2.41 bits per heavy atom. The quantitative estimate of drug-likeness (QED) is 0.203. The van der Waals surface area contributed by atoms with E-state index in [1.165, 1.54) is 4.57 Å². The molecule has 37 heavy (non-hydrogen) atoms. The molecular weight excluding hydrogens is 495 g/mol. The van der Waals surface area contributed by atoms with Crippen LogP contribution in [0, 0.1) is 5.92 Å². The van der Waals surface area contributed by atoms with Crippen molar-refractivity contribution in [1.29, 1.82) is 0 Å². The molecule has 2 aromatic heterocycles. The fourth-order valence-corrected chi connectivity index (χ4v) is 4.56. The number of alkyl halides is 3. The van der Waals surface area contributed by atoms with Gasteiger partial charge in [0.1, 0.15) is 18.3 Å². The minimum absolute atomic E-state index is 0.000950. The van der Waals surface area contributed by atoms with Crippen LogP contribution in [0.15, 0.2) is 73.1 Å².